The lowest BCUT2D eigenvalue weighted by Gasteiger charge is -2.14. The summed E-state index contributed by atoms with van der Waals surface area (Å²) in [6.07, 6.45) is 1.40. The SMILES string of the molecule is COc1ccc(C(=O)O[C@H](C)C(=O)Nc2sc3c(c2C(N)=O)CCC3)c(O)c1. The van der Waals surface area contributed by atoms with E-state index >= 15 is 0 Å². The van der Waals surface area contributed by atoms with Crippen LogP contribution in [0.5, 0.6) is 11.5 Å². The Morgan fingerprint density at radius 3 is 2.68 bits per heavy atom. The van der Waals surface area contributed by atoms with E-state index in [-0.39, 0.29) is 11.3 Å². The largest absolute Gasteiger partial charge is 0.507 e. The lowest BCUT2D eigenvalue weighted by Crippen LogP contribution is -2.30. The summed E-state index contributed by atoms with van der Waals surface area (Å²) >= 11 is 1.32. The number of esters is 1. The van der Waals surface area contributed by atoms with Gasteiger partial charge in [0.15, 0.2) is 6.10 Å². The van der Waals surface area contributed by atoms with Gasteiger partial charge in [-0.2, -0.15) is 0 Å². The van der Waals surface area contributed by atoms with Crippen molar-refractivity contribution in [3.05, 3.63) is 39.8 Å². The minimum absolute atomic E-state index is 0.0895. The van der Waals surface area contributed by atoms with E-state index in [9.17, 15) is 19.5 Å². The molecular weight excluding hydrogens is 384 g/mol. The van der Waals surface area contributed by atoms with Gasteiger partial charge in [0, 0.05) is 10.9 Å². The second kappa shape index (κ2) is 7.89. The molecule has 1 aromatic heterocycles. The average Bonchev–Trinajstić information content (AvgIpc) is 3.21. The highest BCUT2D eigenvalue weighted by Gasteiger charge is 2.28. The number of amides is 2. The van der Waals surface area contributed by atoms with Crippen LogP contribution in [0.1, 0.15) is 44.5 Å². The molecule has 0 aliphatic heterocycles. The molecule has 1 aliphatic rings. The van der Waals surface area contributed by atoms with Gasteiger partial charge in [0.1, 0.15) is 22.1 Å². The number of methoxy groups -OCH3 is 1. The van der Waals surface area contributed by atoms with Crippen molar-refractivity contribution in [3.63, 3.8) is 0 Å². The highest BCUT2D eigenvalue weighted by molar-refractivity contribution is 7.17. The molecule has 0 spiro atoms. The number of phenols is 1. The van der Waals surface area contributed by atoms with Crippen molar-refractivity contribution in [2.45, 2.75) is 32.3 Å². The van der Waals surface area contributed by atoms with Crippen molar-refractivity contribution in [2.75, 3.05) is 12.4 Å². The molecule has 1 atom stereocenters. The number of phenolic OH excluding ortho intramolecular Hbond substituents is 1. The molecule has 0 saturated heterocycles. The van der Waals surface area contributed by atoms with Gasteiger partial charge in [-0.05, 0) is 43.9 Å². The lowest BCUT2D eigenvalue weighted by molar-refractivity contribution is -0.123. The Kier molecular flexibility index (Phi) is 5.55. The highest BCUT2D eigenvalue weighted by atomic mass is 32.1. The smallest absolute Gasteiger partial charge is 0.342 e. The van der Waals surface area contributed by atoms with Gasteiger partial charge in [-0.3, -0.25) is 9.59 Å². The number of carbonyl (C=O) groups excluding carboxylic acids is 3. The number of fused-ring (bicyclic) bond motifs is 1. The Hall–Kier alpha value is -3.07. The second-order valence-corrected chi connectivity index (χ2v) is 7.45. The van der Waals surface area contributed by atoms with Gasteiger partial charge >= 0.3 is 5.97 Å². The second-order valence-electron chi connectivity index (χ2n) is 6.35. The van der Waals surface area contributed by atoms with Gasteiger partial charge in [-0.15, -0.1) is 11.3 Å². The van der Waals surface area contributed by atoms with E-state index < -0.39 is 23.9 Å². The number of anilines is 1. The zero-order valence-corrected chi connectivity index (χ0v) is 16.2. The molecule has 3 rings (SSSR count). The maximum atomic E-state index is 12.5. The summed E-state index contributed by atoms with van der Waals surface area (Å²) in [4.78, 5) is 37.5. The number of primary amides is 1. The van der Waals surface area contributed by atoms with Crippen LogP contribution in [-0.4, -0.2) is 36.1 Å². The summed E-state index contributed by atoms with van der Waals surface area (Å²) in [5, 5.41) is 12.9. The minimum Gasteiger partial charge on any atom is -0.507 e. The summed E-state index contributed by atoms with van der Waals surface area (Å²) in [6.45, 7) is 1.40. The van der Waals surface area contributed by atoms with Crippen LogP contribution in [0.25, 0.3) is 0 Å². The van der Waals surface area contributed by atoms with Crippen LogP contribution in [0.2, 0.25) is 0 Å². The highest BCUT2D eigenvalue weighted by Crippen LogP contribution is 2.39. The summed E-state index contributed by atoms with van der Waals surface area (Å²) in [6, 6.07) is 4.11. The van der Waals surface area contributed by atoms with E-state index in [2.05, 4.69) is 5.32 Å². The first-order valence-corrected chi connectivity index (χ1v) is 9.46. The molecule has 0 bridgehead atoms. The number of carbonyl (C=O) groups is 3. The van der Waals surface area contributed by atoms with E-state index in [4.69, 9.17) is 15.2 Å². The third-order valence-electron chi connectivity index (χ3n) is 4.48. The summed E-state index contributed by atoms with van der Waals surface area (Å²) in [5.41, 5.74) is 6.60. The molecule has 8 nitrogen and oxygen atoms in total. The van der Waals surface area contributed by atoms with Crippen LogP contribution in [0.4, 0.5) is 5.00 Å². The van der Waals surface area contributed by atoms with E-state index in [1.807, 2.05) is 0 Å². The Bertz CT molecular complexity index is 952. The number of rotatable bonds is 6. The normalized spacial score (nSPS) is 13.5. The first kappa shape index (κ1) is 19.7. The molecule has 1 aliphatic carbocycles. The number of hydrogen-bond acceptors (Lipinski definition) is 7. The van der Waals surface area contributed by atoms with Crippen LogP contribution in [0, 0.1) is 0 Å². The number of nitrogens with one attached hydrogen (secondary N) is 1. The average molecular weight is 404 g/mol. The predicted molar refractivity (Wildman–Crippen MR) is 103 cm³/mol. The molecule has 0 saturated carbocycles. The van der Waals surface area contributed by atoms with Crippen LogP contribution in [0.15, 0.2) is 18.2 Å². The van der Waals surface area contributed by atoms with Crippen LogP contribution in [-0.2, 0) is 22.4 Å². The Morgan fingerprint density at radius 1 is 1.29 bits per heavy atom. The van der Waals surface area contributed by atoms with Gasteiger partial charge in [0.2, 0.25) is 0 Å². The lowest BCUT2D eigenvalue weighted by atomic mass is 10.1. The van der Waals surface area contributed by atoms with Gasteiger partial charge in [0.05, 0.1) is 12.7 Å². The monoisotopic (exact) mass is 404 g/mol. The molecule has 0 radical (unpaired) electrons. The van der Waals surface area contributed by atoms with E-state index in [1.165, 1.54) is 43.6 Å². The molecule has 28 heavy (non-hydrogen) atoms. The molecule has 1 aromatic carbocycles. The first-order valence-electron chi connectivity index (χ1n) is 8.65. The Morgan fingerprint density at radius 2 is 2.04 bits per heavy atom. The van der Waals surface area contributed by atoms with Crippen LogP contribution in [0.3, 0.4) is 0 Å². The third-order valence-corrected chi connectivity index (χ3v) is 5.69. The van der Waals surface area contributed by atoms with Crippen molar-refractivity contribution in [2.24, 2.45) is 5.73 Å². The van der Waals surface area contributed by atoms with Crippen molar-refractivity contribution in [1.82, 2.24) is 0 Å². The van der Waals surface area contributed by atoms with Gasteiger partial charge in [-0.1, -0.05) is 0 Å². The summed E-state index contributed by atoms with van der Waals surface area (Å²) < 4.78 is 10.1. The van der Waals surface area contributed by atoms with Gasteiger partial charge in [-0.25, -0.2) is 4.79 Å². The number of aromatic hydroxyl groups is 1. The standard InChI is InChI=1S/C19H20N2O6S/c1-9(27-19(25)11-7-6-10(26-2)8-13(11)22)17(24)21-18-15(16(20)23)12-4-3-5-14(12)28-18/h6-9,22H,3-5H2,1-2H3,(H2,20,23)(H,21,24)/t9-/m1/s1. The van der Waals surface area contributed by atoms with Crippen LogP contribution < -0.4 is 15.8 Å². The van der Waals surface area contributed by atoms with Crippen LogP contribution >= 0.6 is 11.3 Å². The number of hydrogen-bond donors (Lipinski definition) is 3. The number of benzene rings is 1. The quantitative estimate of drug-likeness (QED) is 0.634. The fourth-order valence-electron chi connectivity index (χ4n) is 3.06. The Labute approximate surface area is 165 Å². The van der Waals surface area contributed by atoms with Crippen molar-refractivity contribution >= 4 is 34.1 Å². The minimum atomic E-state index is -1.15. The summed E-state index contributed by atoms with van der Waals surface area (Å²) in [7, 11) is 1.43. The fraction of sp³-hybridized carbons (Fsp3) is 0.316. The first-order chi connectivity index (χ1) is 13.3. The van der Waals surface area contributed by atoms with Gasteiger partial charge < -0.3 is 25.6 Å². The Balaban J connectivity index is 1.70. The maximum absolute atomic E-state index is 12.5. The topological polar surface area (TPSA) is 128 Å². The number of nitrogens with two attached hydrogens (primary N) is 1. The molecule has 0 fully saturated rings. The maximum Gasteiger partial charge on any atom is 0.342 e. The zero-order valence-electron chi connectivity index (χ0n) is 15.4. The predicted octanol–water partition coefficient (Wildman–Crippen LogP) is 2.23. The van der Waals surface area contributed by atoms with Crippen molar-refractivity contribution < 1.29 is 29.0 Å². The van der Waals surface area contributed by atoms with Crippen molar-refractivity contribution in [3.8, 4) is 11.5 Å². The van der Waals surface area contributed by atoms with E-state index in [0.717, 1.165) is 29.7 Å². The molecule has 148 valence electrons. The number of thiophene rings is 1. The molecule has 2 amide bonds. The zero-order chi connectivity index (χ0) is 20.4. The van der Waals surface area contributed by atoms with E-state index in [1.54, 1.807) is 0 Å². The molecule has 2 aromatic rings. The summed E-state index contributed by atoms with van der Waals surface area (Å²) in [5.74, 6) is -1.98. The number of aryl methyl sites for hydroxylation is 1. The molecule has 4 N–H and O–H groups in total. The molecule has 9 heteroatoms. The molecule has 1 heterocycles. The molecule has 0 unspecified atom stereocenters. The van der Waals surface area contributed by atoms with Gasteiger partial charge in [0.25, 0.3) is 11.8 Å². The fourth-order valence-corrected chi connectivity index (χ4v) is 4.35. The third kappa shape index (κ3) is 3.79. The molecular formula is C19H20N2O6S. The van der Waals surface area contributed by atoms with E-state index in [0.29, 0.717) is 16.3 Å². The number of ether oxygens (including phenoxy) is 2. The van der Waals surface area contributed by atoms with Crippen molar-refractivity contribution in [1.29, 1.82) is 0 Å².